The molecule has 0 bridgehead atoms. The summed E-state index contributed by atoms with van der Waals surface area (Å²) in [6, 6.07) is 12.5. The SMILES string of the molecule is CCN1CN2C(=N1)C(c1ccccc1)=NCc1ccsc12. The van der Waals surface area contributed by atoms with Crippen molar-refractivity contribution in [3.63, 3.8) is 0 Å². The Balaban J connectivity index is 1.85. The van der Waals surface area contributed by atoms with Gasteiger partial charge in [-0.05, 0) is 18.4 Å². The number of hydrazone groups is 1. The van der Waals surface area contributed by atoms with E-state index < -0.39 is 0 Å². The maximum Gasteiger partial charge on any atom is 0.181 e. The molecular weight excluding hydrogens is 280 g/mol. The Morgan fingerprint density at radius 2 is 2.05 bits per heavy atom. The predicted octanol–water partition coefficient (Wildman–Crippen LogP) is 3.16. The lowest BCUT2D eigenvalue weighted by atomic mass is 10.1. The molecule has 0 N–H and O–H groups in total. The van der Waals surface area contributed by atoms with E-state index in [0.717, 1.165) is 36.9 Å². The number of anilines is 1. The lowest BCUT2D eigenvalue weighted by molar-refractivity contribution is 0.337. The molecule has 21 heavy (non-hydrogen) atoms. The van der Waals surface area contributed by atoms with Crippen LogP contribution in [0.15, 0.2) is 51.9 Å². The molecular formula is C16H16N4S. The molecule has 0 saturated carbocycles. The van der Waals surface area contributed by atoms with Crippen LogP contribution in [0.4, 0.5) is 5.00 Å². The fraction of sp³-hybridized carbons (Fsp3) is 0.250. The standard InChI is InChI=1S/C16H16N4S/c1-2-19-11-20-15(18-19)14(12-6-4-3-5-7-12)17-10-13-8-9-21-16(13)20/h3-9H,2,10-11H2,1H3. The molecule has 2 aliphatic rings. The Kier molecular flexibility index (Phi) is 3.00. The molecule has 0 aliphatic carbocycles. The molecule has 3 heterocycles. The highest BCUT2D eigenvalue weighted by Crippen LogP contribution is 2.33. The van der Waals surface area contributed by atoms with Gasteiger partial charge in [-0.2, -0.15) is 5.10 Å². The van der Waals surface area contributed by atoms with Crippen LogP contribution in [0.1, 0.15) is 18.1 Å². The average Bonchev–Trinajstić information content (AvgIpc) is 3.13. The third-order valence-electron chi connectivity index (χ3n) is 3.80. The van der Waals surface area contributed by atoms with E-state index in [4.69, 9.17) is 10.1 Å². The van der Waals surface area contributed by atoms with E-state index >= 15 is 0 Å². The van der Waals surface area contributed by atoms with Gasteiger partial charge in [0.15, 0.2) is 5.84 Å². The maximum absolute atomic E-state index is 4.84. The third-order valence-corrected chi connectivity index (χ3v) is 4.77. The van der Waals surface area contributed by atoms with Gasteiger partial charge in [0.05, 0.1) is 6.54 Å². The van der Waals surface area contributed by atoms with E-state index in [9.17, 15) is 0 Å². The molecule has 1 aromatic heterocycles. The van der Waals surface area contributed by atoms with E-state index in [0.29, 0.717) is 0 Å². The van der Waals surface area contributed by atoms with Gasteiger partial charge in [-0.3, -0.25) is 14.9 Å². The van der Waals surface area contributed by atoms with Crippen LogP contribution in [0.5, 0.6) is 0 Å². The molecule has 4 nitrogen and oxygen atoms in total. The second-order valence-electron chi connectivity index (χ2n) is 5.10. The van der Waals surface area contributed by atoms with Gasteiger partial charge in [-0.25, -0.2) is 0 Å². The first-order valence-electron chi connectivity index (χ1n) is 7.14. The zero-order valence-corrected chi connectivity index (χ0v) is 12.7. The molecule has 1 aromatic carbocycles. The second-order valence-corrected chi connectivity index (χ2v) is 5.99. The first-order chi connectivity index (χ1) is 10.4. The minimum absolute atomic E-state index is 0.727. The lowest BCUT2D eigenvalue weighted by Gasteiger charge is -2.19. The molecule has 0 atom stereocenters. The van der Waals surface area contributed by atoms with Crippen molar-refractivity contribution >= 4 is 27.9 Å². The van der Waals surface area contributed by atoms with Gasteiger partial charge in [0.2, 0.25) is 0 Å². The van der Waals surface area contributed by atoms with E-state index in [1.165, 1.54) is 10.6 Å². The lowest BCUT2D eigenvalue weighted by Crippen LogP contribution is -2.34. The quantitative estimate of drug-likeness (QED) is 0.852. The van der Waals surface area contributed by atoms with Crippen LogP contribution >= 0.6 is 11.3 Å². The number of thiophene rings is 1. The van der Waals surface area contributed by atoms with Crippen LogP contribution < -0.4 is 4.90 Å². The van der Waals surface area contributed by atoms with Crippen molar-refractivity contribution < 1.29 is 0 Å². The first kappa shape index (κ1) is 12.6. The fourth-order valence-electron chi connectivity index (χ4n) is 2.69. The topological polar surface area (TPSA) is 31.2 Å². The van der Waals surface area contributed by atoms with E-state index in [1.807, 2.05) is 6.07 Å². The number of nitrogens with zero attached hydrogens (tertiary/aromatic N) is 4. The van der Waals surface area contributed by atoms with Crippen molar-refractivity contribution in [2.75, 3.05) is 18.1 Å². The van der Waals surface area contributed by atoms with Crippen LogP contribution in [-0.2, 0) is 6.54 Å². The van der Waals surface area contributed by atoms with Crippen molar-refractivity contribution in [2.24, 2.45) is 10.1 Å². The highest BCUT2D eigenvalue weighted by Gasteiger charge is 2.32. The van der Waals surface area contributed by atoms with Crippen LogP contribution in [0.3, 0.4) is 0 Å². The number of aliphatic imine (C=N–C) groups is 1. The van der Waals surface area contributed by atoms with Crippen molar-refractivity contribution in [1.82, 2.24) is 5.01 Å². The summed E-state index contributed by atoms with van der Waals surface area (Å²) < 4.78 is 0. The van der Waals surface area contributed by atoms with Gasteiger partial charge >= 0.3 is 0 Å². The fourth-order valence-corrected chi connectivity index (χ4v) is 3.61. The summed E-state index contributed by atoms with van der Waals surface area (Å²) in [6.07, 6.45) is 0. The summed E-state index contributed by atoms with van der Waals surface area (Å²) in [5.74, 6) is 0.976. The average molecular weight is 296 g/mol. The Hall–Kier alpha value is -2.14. The van der Waals surface area contributed by atoms with Gasteiger partial charge in [0.25, 0.3) is 0 Å². The molecule has 2 aromatic rings. The normalized spacial score (nSPS) is 17.0. The summed E-state index contributed by atoms with van der Waals surface area (Å²) in [4.78, 5) is 7.14. The third kappa shape index (κ3) is 2.05. The molecule has 0 spiro atoms. The Morgan fingerprint density at radius 3 is 2.86 bits per heavy atom. The van der Waals surface area contributed by atoms with Crippen LogP contribution in [0, 0.1) is 0 Å². The number of amidine groups is 1. The molecule has 4 rings (SSSR count). The summed E-state index contributed by atoms with van der Waals surface area (Å²) >= 11 is 1.77. The summed E-state index contributed by atoms with van der Waals surface area (Å²) in [5, 5.41) is 10.3. The minimum atomic E-state index is 0.727. The van der Waals surface area contributed by atoms with Gasteiger partial charge in [0.1, 0.15) is 17.4 Å². The Labute approximate surface area is 128 Å². The predicted molar refractivity (Wildman–Crippen MR) is 88.2 cm³/mol. The maximum atomic E-state index is 4.84. The van der Waals surface area contributed by atoms with E-state index in [1.54, 1.807) is 11.3 Å². The highest BCUT2D eigenvalue weighted by molar-refractivity contribution is 7.14. The number of hydrogen-bond acceptors (Lipinski definition) is 5. The largest absolute Gasteiger partial charge is 0.294 e. The minimum Gasteiger partial charge on any atom is -0.294 e. The number of rotatable bonds is 2. The van der Waals surface area contributed by atoms with Crippen LogP contribution in [-0.4, -0.2) is 29.8 Å². The Morgan fingerprint density at radius 1 is 1.19 bits per heavy atom. The molecule has 2 aliphatic heterocycles. The number of fused-ring (bicyclic) bond motifs is 3. The number of benzene rings is 1. The summed E-state index contributed by atoms with van der Waals surface area (Å²) in [7, 11) is 0. The van der Waals surface area contributed by atoms with Gasteiger partial charge in [0, 0.05) is 17.7 Å². The van der Waals surface area contributed by atoms with Crippen LogP contribution in [0.25, 0.3) is 0 Å². The molecule has 0 unspecified atom stereocenters. The first-order valence-corrected chi connectivity index (χ1v) is 8.02. The molecule has 0 saturated heterocycles. The molecule has 0 amide bonds. The zero-order chi connectivity index (χ0) is 14.2. The van der Waals surface area contributed by atoms with E-state index in [-0.39, 0.29) is 0 Å². The molecule has 5 heteroatoms. The van der Waals surface area contributed by atoms with Crippen molar-refractivity contribution in [1.29, 1.82) is 0 Å². The van der Waals surface area contributed by atoms with Gasteiger partial charge in [-0.15, -0.1) is 11.3 Å². The summed E-state index contributed by atoms with van der Waals surface area (Å²) in [5.41, 5.74) is 3.42. The highest BCUT2D eigenvalue weighted by atomic mass is 32.1. The van der Waals surface area contributed by atoms with Crippen molar-refractivity contribution in [3.05, 3.63) is 52.9 Å². The molecule has 0 radical (unpaired) electrons. The molecule has 106 valence electrons. The second kappa shape index (κ2) is 5.00. The van der Waals surface area contributed by atoms with Gasteiger partial charge in [-0.1, -0.05) is 30.3 Å². The van der Waals surface area contributed by atoms with Gasteiger partial charge < -0.3 is 0 Å². The van der Waals surface area contributed by atoms with Crippen LogP contribution in [0.2, 0.25) is 0 Å². The Bertz CT molecular complexity index is 717. The smallest absolute Gasteiger partial charge is 0.181 e. The molecule has 0 fully saturated rings. The van der Waals surface area contributed by atoms with E-state index in [2.05, 4.69) is 52.5 Å². The summed E-state index contributed by atoms with van der Waals surface area (Å²) in [6.45, 7) is 4.57. The van der Waals surface area contributed by atoms with Crippen molar-refractivity contribution in [2.45, 2.75) is 13.5 Å². The van der Waals surface area contributed by atoms with Crippen molar-refractivity contribution in [3.8, 4) is 0 Å². The monoisotopic (exact) mass is 296 g/mol. The number of hydrogen-bond donors (Lipinski definition) is 0. The zero-order valence-electron chi connectivity index (χ0n) is 11.9.